The van der Waals surface area contributed by atoms with Crippen LogP contribution >= 0.6 is 0 Å². The number of carbonyl (C=O) groups is 1. The van der Waals surface area contributed by atoms with E-state index >= 15 is 0 Å². The van der Waals surface area contributed by atoms with Gasteiger partial charge < -0.3 is 10.4 Å². The second-order valence-corrected chi connectivity index (χ2v) is 3.93. The zero-order valence-electron chi connectivity index (χ0n) is 7.12. The number of carboxylic acid groups (broad SMARTS) is 1. The molecule has 2 fully saturated rings. The zero-order chi connectivity index (χ0) is 8.55. The van der Waals surface area contributed by atoms with Crippen molar-refractivity contribution in [3.8, 4) is 0 Å². The molecule has 0 aromatic carbocycles. The third-order valence-electron chi connectivity index (χ3n) is 3.26. The normalized spacial score (nSPS) is 40.8. The highest BCUT2D eigenvalue weighted by Crippen LogP contribution is 2.35. The van der Waals surface area contributed by atoms with E-state index < -0.39 is 5.97 Å². The Morgan fingerprint density at radius 3 is 2.83 bits per heavy atom. The van der Waals surface area contributed by atoms with Crippen LogP contribution in [0.2, 0.25) is 0 Å². The number of nitrogens with one attached hydrogen (secondary N) is 1. The van der Waals surface area contributed by atoms with Crippen LogP contribution in [0.5, 0.6) is 0 Å². The lowest BCUT2D eigenvalue weighted by Crippen LogP contribution is -2.36. The Kier molecular flexibility index (Phi) is 2.05. The van der Waals surface area contributed by atoms with Crippen molar-refractivity contribution in [3.63, 3.8) is 0 Å². The van der Waals surface area contributed by atoms with Gasteiger partial charge in [-0.3, -0.25) is 4.79 Å². The van der Waals surface area contributed by atoms with E-state index in [2.05, 4.69) is 5.32 Å². The monoisotopic (exact) mass is 169 g/mol. The molecule has 1 heterocycles. The molecule has 0 amide bonds. The average molecular weight is 169 g/mol. The molecule has 0 aromatic rings. The summed E-state index contributed by atoms with van der Waals surface area (Å²) >= 11 is 0. The SMILES string of the molecule is O=C(O)[C@@H]1NC[C@@H]2CCCC[C@H]21. The maximum Gasteiger partial charge on any atom is 0.320 e. The zero-order valence-corrected chi connectivity index (χ0v) is 7.12. The molecule has 1 saturated heterocycles. The van der Waals surface area contributed by atoms with Crippen LogP contribution in [0.3, 0.4) is 0 Å². The number of fused-ring (bicyclic) bond motifs is 1. The molecule has 3 atom stereocenters. The third-order valence-corrected chi connectivity index (χ3v) is 3.26. The molecule has 1 aliphatic heterocycles. The van der Waals surface area contributed by atoms with Gasteiger partial charge in [-0.25, -0.2) is 0 Å². The van der Waals surface area contributed by atoms with Gasteiger partial charge in [0, 0.05) is 0 Å². The van der Waals surface area contributed by atoms with E-state index in [9.17, 15) is 4.79 Å². The first-order valence-electron chi connectivity index (χ1n) is 4.75. The quantitative estimate of drug-likeness (QED) is 0.611. The van der Waals surface area contributed by atoms with E-state index in [0.29, 0.717) is 11.8 Å². The van der Waals surface area contributed by atoms with Crippen molar-refractivity contribution < 1.29 is 9.90 Å². The largest absolute Gasteiger partial charge is 0.480 e. The summed E-state index contributed by atoms with van der Waals surface area (Å²) in [4.78, 5) is 10.8. The van der Waals surface area contributed by atoms with Crippen molar-refractivity contribution in [2.75, 3.05) is 6.54 Å². The fourth-order valence-corrected chi connectivity index (χ4v) is 2.63. The van der Waals surface area contributed by atoms with Gasteiger partial charge in [-0.1, -0.05) is 12.8 Å². The predicted octanol–water partition coefficient (Wildman–Crippen LogP) is 0.849. The predicted molar refractivity (Wildman–Crippen MR) is 44.9 cm³/mol. The van der Waals surface area contributed by atoms with Gasteiger partial charge in [0.15, 0.2) is 0 Å². The minimum atomic E-state index is -0.663. The summed E-state index contributed by atoms with van der Waals surface area (Å²) in [6.45, 7) is 0.918. The standard InChI is InChI=1S/C9H15NO2/c11-9(12)8-7-4-2-1-3-6(7)5-10-8/h6-8,10H,1-5H2,(H,11,12)/t6-,7+,8+/m0/s1. The van der Waals surface area contributed by atoms with Crippen LogP contribution < -0.4 is 5.32 Å². The molecule has 2 rings (SSSR count). The van der Waals surface area contributed by atoms with Gasteiger partial charge in [-0.15, -0.1) is 0 Å². The van der Waals surface area contributed by atoms with Crippen LogP contribution in [0.4, 0.5) is 0 Å². The number of hydrogen-bond acceptors (Lipinski definition) is 2. The smallest absolute Gasteiger partial charge is 0.320 e. The van der Waals surface area contributed by atoms with Gasteiger partial charge in [0.1, 0.15) is 6.04 Å². The lowest BCUT2D eigenvalue weighted by atomic mass is 9.78. The van der Waals surface area contributed by atoms with Gasteiger partial charge in [0.2, 0.25) is 0 Å². The van der Waals surface area contributed by atoms with E-state index in [-0.39, 0.29) is 6.04 Å². The van der Waals surface area contributed by atoms with E-state index in [1.807, 2.05) is 0 Å². The number of hydrogen-bond donors (Lipinski definition) is 2. The first kappa shape index (κ1) is 8.05. The summed E-state index contributed by atoms with van der Waals surface area (Å²) in [5.41, 5.74) is 0. The van der Waals surface area contributed by atoms with Crippen LogP contribution in [0.1, 0.15) is 25.7 Å². The Labute approximate surface area is 72.2 Å². The van der Waals surface area contributed by atoms with Crippen molar-refractivity contribution in [1.82, 2.24) is 5.32 Å². The molecule has 3 heteroatoms. The fraction of sp³-hybridized carbons (Fsp3) is 0.889. The minimum absolute atomic E-state index is 0.254. The molecule has 2 N–H and O–H groups in total. The molecule has 0 radical (unpaired) electrons. The number of aliphatic carboxylic acids is 1. The van der Waals surface area contributed by atoms with E-state index in [4.69, 9.17) is 5.11 Å². The summed E-state index contributed by atoms with van der Waals surface area (Å²) in [6.07, 6.45) is 4.83. The molecular formula is C9H15NO2. The Bertz CT molecular complexity index is 193. The molecule has 0 aromatic heterocycles. The summed E-state index contributed by atoms with van der Waals surface area (Å²) in [7, 11) is 0. The lowest BCUT2D eigenvalue weighted by Gasteiger charge is -2.26. The molecule has 0 bridgehead atoms. The van der Waals surface area contributed by atoms with Crippen molar-refractivity contribution in [3.05, 3.63) is 0 Å². The summed E-state index contributed by atoms with van der Waals surface area (Å²) < 4.78 is 0. The molecule has 3 nitrogen and oxygen atoms in total. The topological polar surface area (TPSA) is 49.3 Å². The Morgan fingerprint density at radius 2 is 2.08 bits per heavy atom. The molecular weight excluding hydrogens is 154 g/mol. The Hall–Kier alpha value is -0.570. The molecule has 68 valence electrons. The maximum absolute atomic E-state index is 10.8. The van der Waals surface area contributed by atoms with Crippen LogP contribution in [-0.4, -0.2) is 23.7 Å². The highest BCUT2D eigenvalue weighted by molar-refractivity contribution is 5.74. The molecule has 1 aliphatic carbocycles. The molecule has 12 heavy (non-hydrogen) atoms. The summed E-state index contributed by atoms with van der Waals surface area (Å²) in [5, 5.41) is 12.0. The van der Waals surface area contributed by atoms with Gasteiger partial charge in [-0.2, -0.15) is 0 Å². The summed E-state index contributed by atoms with van der Waals surface area (Å²) in [5.74, 6) is 0.389. The van der Waals surface area contributed by atoms with Crippen molar-refractivity contribution in [2.24, 2.45) is 11.8 Å². The van der Waals surface area contributed by atoms with Crippen molar-refractivity contribution in [2.45, 2.75) is 31.7 Å². The molecule has 0 unspecified atom stereocenters. The Balaban J connectivity index is 2.05. The maximum atomic E-state index is 10.8. The van der Waals surface area contributed by atoms with Crippen LogP contribution in [-0.2, 0) is 4.79 Å². The van der Waals surface area contributed by atoms with E-state index in [1.54, 1.807) is 0 Å². The van der Waals surface area contributed by atoms with Crippen molar-refractivity contribution >= 4 is 5.97 Å². The van der Waals surface area contributed by atoms with E-state index in [0.717, 1.165) is 13.0 Å². The number of carboxylic acids is 1. The van der Waals surface area contributed by atoms with Gasteiger partial charge >= 0.3 is 5.97 Å². The van der Waals surface area contributed by atoms with Gasteiger partial charge in [0.25, 0.3) is 0 Å². The second kappa shape index (κ2) is 3.05. The highest BCUT2D eigenvalue weighted by Gasteiger charge is 2.40. The average Bonchev–Trinajstić information content (AvgIpc) is 2.47. The lowest BCUT2D eigenvalue weighted by molar-refractivity contribution is -0.140. The van der Waals surface area contributed by atoms with Crippen LogP contribution in [0.15, 0.2) is 0 Å². The highest BCUT2D eigenvalue weighted by atomic mass is 16.4. The number of rotatable bonds is 1. The fourth-order valence-electron chi connectivity index (χ4n) is 2.63. The second-order valence-electron chi connectivity index (χ2n) is 3.93. The van der Waals surface area contributed by atoms with Crippen molar-refractivity contribution in [1.29, 1.82) is 0 Å². The Morgan fingerprint density at radius 1 is 1.33 bits per heavy atom. The minimum Gasteiger partial charge on any atom is -0.480 e. The molecule has 2 aliphatic rings. The van der Waals surface area contributed by atoms with Crippen LogP contribution in [0.25, 0.3) is 0 Å². The van der Waals surface area contributed by atoms with E-state index in [1.165, 1.54) is 19.3 Å². The first-order valence-corrected chi connectivity index (χ1v) is 4.75. The van der Waals surface area contributed by atoms with Crippen LogP contribution in [0, 0.1) is 11.8 Å². The molecule has 0 spiro atoms. The third kappa shape index (κ3) is 1.22. The molecule has 1 saturated carbocycles. The summed E-state index contributed by atoms with van der Waals surface area (Å²) in [6, 6.07) is -0.254. The van der Waals surface area contributed by atoms with Gasteiger partial charge in [-0.05, 0) is 31.2 Å². The first-order chi connectivity index (χ1) is 5.79. The van der Waals surface area contributed by atoms with Gasteiger partial charge in [0.05, 0.1) is 0 Å².